The average Bonchev–Trinajstić information content (AvgIpc) is 3.58. The van der Waals surface area contributed by atoms with Gasteiger partial charge in [0.2, 0.25) is 0 Å². The number of halogens is 1. The molecule has 12 heteroatoms. The Bertz CT molecular complexity index is 1580. The summed E-state index contributed by atoms with van der Waals surface area (Å²) in [7, 11) is 1.31. The van der Waals surface area contributed by atoms with Gasteiger partial charge in [0, 0.05) is 28.5 Å². The molecule has 0 bridgehead atoms. The number of ether oxygens (including phenoxy) is 1. The van der Waals surface area contributed by atoms with E-state index < -0.39 is 6.09 Å². The molecule has 3 aromatic heterocycles. The lowest BCUT2D eigenvalue weighted by Gasteiger charge is -2.11. The number of tetrazole rings is 1. The Kier molecular flexibility index (Phi) is 6.29. The molecule has 0 aliphatic heterocycles. The van der Waals surface area contributed by atoms with E-state index in [9.17, 15) is 9.59 Å². The second-order valence-electron chi connectivity index (χ2n) is 7.73. The average molecular weight is 503 g/mol. The number of anilines is 1. The van der Waals surface area contributed by atoms with E-state index >= 15 is 0 Å². The van der Waals surface area contributed by atoms with Crippen LogP contribution in [0.2, 0.25) is 5.02 Å². The number of nitrogens with one attached hydrogen (secondary N) is 2. The predicted octanol–water partition coefficient (Wildman–Crippen LogP) is 3.76. The van der Waals surface area contributed by atoms with Crippen molar-refractivity contribution in [2.75, 3.05) is 12.4 Å². The standard InChI is InChI=1S/C24H19ClN8O3/c1-36-24(35)28-18-5-2-15(3-6-18)20-12-26-22(29-20)13-32-9-8-16(10-23(32)34)19-11-17(25)4-7-21(19)33-14-27-30-31-33/h2-12,14H,13H2,1H3,(H,26,29)(H,28,35). The molecule has 5 rings (SSSR count). The molecule has 0 fully saturated rings. The van der Waals surface area contributed by atoms with Crippen LogP contribution in [0, 0.1) is 0 Å². The molecule has 2 N–H and O–H groups in total. The summed E-state index contributed by atoms with van der Waals surface area (Å²) in [4.78, 5) is 31.9. The van der Waals surface area contributed by atoms with Crippen molar-refractivity contribution in [2.24, 2.45) is 0 Å². The maximum Gasteiger partial charge on any atom is 0.411 e. The Labute approximate surface area is 209 Å². The molecular formula is C24H19ClN8O3. The first kappa shape index (κ1) is 23.0. The van der Waals surface area contributed by atoms with E-state index in [1.165, 1.54) is 24.2 Å². The number of hydrogen-bond donors (Lipinski definition) is 2. The summed E-state index contributed by atoms with van der Waals surface area (Å²) in [6.07, 6.45) is 4.34. The van der Waals surface area contributed by atoms with Crippen molar-refractivity contribution in [1.29, 1.82) is 0 Å². The topological polar surface area (TPSA) is 133 Å². The summed E-state index contributed by atoms with van der Waals surface area (Å²) < 4.78 is 7.66. The largest absolute Gasteiger partial charge is 0.453 e. The Morgan fingerprint density at radius 1 is 1.11 bits per heavy atom. The molecule has 0 spiro atoms. The molecule has 0 unspecified atom stereocenters. The fourth-order valence-corrected chi connectivity index (χ4v) is 3.84. The maximum atomic E-state index is 12.9. The minimum atomic E-state index is -0.537. The van der Waals surface area contributed by atoms with Gasteiger partial charge in [-0.1, -0.05) is 23.7 Å². The smallest absolute Gasteiger partial charge is 0.411 e. The molecule has 0 saturated heterocycles. The van der Waals surface area contributed by atoms with E-state index in [1.807, 2.05) is 18.2 Å². The van der Waals surface area contributed by atoms with Gasteiger partial charge in [0.05, 0.1) is 31.2 Å². The monoisotopic (exact) mass is 502 g/mol. The first-order valence-corrected chi connectivity index (χ1v) is 11.1. The van der Waals surface area contributed by atoms with Gasteiger partial charge >= 0.3 is 6.09 Å². The van der Waals surface area contributed by atoms with Crippen molar-refractivity contribution in [3.8, 4) is 28.1 Å². The highest BCUT2D eigenvalue weighted by atomic mass is 35.5. The van der Waals surface area contributed by atoms with E-state index in [1.54, 1.807) is 47.3 Å². The summed E-state index contributed by atoms with van der Waals surface area (Å²) in [5.41, 5.74) is 4.18. The predicted molar refractivity (Wildman–Crippen MR) is 133 cm³/mol. The third-order valence-corrected chi connectivity index (χ3v) is 5.67. The highest BCUT2D eigenvalue weighted by Crippen LogP contribution is 2.28. The number of aromatic amines is 1. The van der Waals surface area contributed by atoms with E-state index in [2.05, 4.69) is 35.5 Å². The highest BCUT2D eigenvalue weighted by Gasteiger charge is 2.12. The van der Waals surface area contributed by atoms with Crippen LogP contribution in [0.3, 0.4) is 0 Å². The summed E-state index contributed by atoms with van der Waals surface area (Å²) in [6, 6.07) is 15.9. The number of nitrogens with zero attached hydrogens (tertiary/aromatic N) is 6. The number of hydrogen-bond acceptors (Lipinski definition) is 7. The molecule has 2 aromatic carbocycles. The Balaban J connectivity index is 1.36. The quantitative estimate of drug-likeness (QED) is 0.361. The lowest BCUT2D eigenvalue weighted by molar-refractivity contribution is 0.187. The highest BCUT2D eigenvalue weighted by molar-refractivity contribution is 6.31. The maximum absolute atomic E-state index is 12.9. The minimum absolute atomic E-state index is 0.202. The summed E-state index contributed by atoms with van der Waals surface area (Å²) in [6.45, 7) is 0.260. The number of H-pyrrole nitrogens is 1. The van der Waals surface area contributed by atoms with Crippen molar-refractivity contribution >= 4 is 23.4 Å². The number of methoxy groups -OCH3 is 1. The molecule has 5 aromatic rings. The Morgan fingerprint density at radius 3 is 2.67 bits per heavy atom. The number of aromatic nitrogens is 7. The molecular weight excluding hydrogens is 484 g/mol. The lowest BCUT2D eigenvalue weighted by atomic mass is 10.0. The van der Waals surface area contributed by atoms with Crippen LogP contribution in [0.5, 0.6) is 0 Å². The normalized spacial score (nSPS) is 10.8. The molecule has 36 heavy (non-hydrogen) atoms. The lowest BCUT2D eigenvalue weighted by Crippen LogP contribution is -2.19. The second-order valence-corrected chi connectivity index (χ2v) is 8.17. The van der Waals surface area contributed by atoms with E-state index in [0.717, 1.165) is 16.8 Å². The van der Waals surface area contributed by atoms with Crippen LogP contribution in [0.1, 0.15) is 5.82 Å². The molecule has 0 atom stereocenters. The number of rotatable bonds is 6. The molecule has 0 saturated carbocycles. The summed E-state index contributed by atoms with van der Waals surface area (Å²) in [5, 5.41) is 14.4. The molecule has 3 heterocycles. The zero-order valence-electron chi connectivity index (χ0n) is 18.9. The van der Waals surface area contributed by atoms with Gasteiger partial charge in [0.1, 0.15) is 12.2 Å². The number of carbonyl (C=O) groups excluding carboxylic acids is 1. The van der Waals surface area contributed by atoms with Gasteiger partial charge in [0.25, 0.3) is 5.56 Å². The van der Waals surface area contributed by atoms with Crippen LogP contribution in [-0.4, -0.2) is 47.9 Å². The van der Waals surface area contributed by atoms with Gasteiger partial charge in [0.15, 0.2) is 0 Å². The van der Waals surface area contributed by atoms with Crippen molar-refractivity contribution in [3.05, 3.63) is 94.5 Å². The van der Waals surface area contributed by atoms with Gasteiger partial charge in [-0.05, 0) is 58.0 Å². The van der Waals surface area contributed by atoms with E-state index in [-0.39, 0.29) is 12.1 Å². The van der Waals surface area contributed by atoms with Gasteiger partial charge in [-0.15, -0.1) is 5.10 Å². The number of amides is 1. The molecule has 1 amide bonds. The van der Waals surface area contributed by atoms with Crippen molar-refractivity contribution in [3.63, 3.8) is 0 Å². The molecule has 0 aliphatic carbocycles. The third-order valence-electron chi connectivity index (χ3n) is 5.44. The van der Waals surface area contributed by atoms with Gasteiger partial charge in [-0.2, -0.15) is 4.68 Å². The minimum Gasteiger partial charge on any atom is -0.453 e. The zero-order chi connectivity index (χ0) is 25.1. The van der Waals surface area contributed by atoms with Crippen molar-refractivity contribution < 1.29 is 9.53 Å². The van der Waals surface area contributed by atoms with Crippen LogP contribution >= 0.6 is 11.6 Å². The van der Waals surface area contributed by atoms with Crippen LogP contribution in [0.25, 0.3) is 28.1 Å². The molecule has 0 radical (unpaired) electrons. The summed E-state index contributed by atoms with van der Waals surface area (Å²) in [5.74, 6) is 0.619. The van der Waals surface area contributed by atoms with Gasteiger partial charge in [-0.25, -0.2) is 9.78 Å². The number of benzene rings is 2. The first-order valence-electron chi connectivity index (χ1n) is 10.7. The van der Waals surface area contributed by atoms with E-state index in [4.69, 9.17) is 11.6 Å². The van der Waals surface area contributed by atoms with Crippen LogP contribution < -0.4 is 10.9 Å². The van der Waals surface area contributed by atoms with Crippen LogP contribution in [0.4, 0.5) is 10.5 Å². The van der Waals surface area contributed by atoms with Crippen molar-refractivity contribution in [1.82, 2.24) is 34.7 Å². The Hall–Kier alpha value is -4.77. The number of pyridine rings is 1. The van der Waals surface area contributed by atoms with Crippen molar-refractivity contribution in [2.45, 2.75) is 6.54 Å². The SMILES string of the molecule is COC(=O)Nc1ccc(-c2cnc(Cn3ccc(-c4cc(Cl)ccc4-n4cnnn4)cc3=O)[nH]2)cc1. The fraction of sp³-hybridized carbons (Fsp3) is 0.0833. The number of carbonyl (C=O) groups is 1. The van der Waals surface area contributed by atoms with Gasteiger partial charge in [-0.3, -0.25) is 10.1 Å². The zero-order valence-corrected chi connectivity index (χ0v) is 19.7. The fourth-order valence-electron chi connectivity index (χ4n) is 3.67. The number of imidazole rings is 1. The molecule has 180 valence electrons. The first-order chi connectivity index (χ1) is 17.5. The van der Waals surface area contributed by atoms with Crippen LogP contribution in [-0.2, 0) is 11.3 Å². The second kappa shape index (κ2) is 9.84. The van der Waals surface area contributed by atoms with Crippen LogP contribution in [0.15, 0.2) is 78.1 Å². The molecule has 11 nitrogen and oxygen atoms in total. The van der Waals surface area contributed by atoms with Gasteiger partial charge < -0.3 is 14.3 Å². The van der Waals surface area contributed by atoms with E-state index in [0.29, 0.717) is 27.8 Å². The summed E-state index contributed by atoms with van der Waals surface area (Å²) >= 11 is 6.22. The molecule has 0 aliphatic rings. The Morgan fingerprint density at radius 2 is 1.94 bits per heavy atom. The third kappa shape index (κ3) is 4.86.